The minimum absolute atomic E-state index is 0.134. The highest BCUT2D eigenvalue weighted by molar-refractivity contribution is 9.10. The summed E-state index contributed by atoms with van der Waals surface area (Å²) in [6.45, 7) is 0.803. The number of aryl methyl sites for hydroxylation is 1. The fraction of sp³-hybridized carbons (Fsp3) is 0.583. The molecular weight excluding hydrogens is 312 g/mol. The van der Waals surface area contributed by atoms with Gasteiger partial charge < -0.3 is 10.2 Å². The molecule has 1 aliphatic carbocycles. The molecule has 1 saturated carbocycles. The third-order valence-corrected chi connectivity index (χ3v) is 4.40. The molecule has 1 aliphatic heterocycles. The van der Waals surface area contributed by atoms with E-state index in [2.05, 4.69) is 26.3 Å². The second kappa shape index (κ2) is 4.63. The van der Waals surface area contributed by atoms with Crippen molar-refractivity contribution in [1.29, 1.82) is 0 Å². The zero-order chi connectivity index (χ0) is 13.6. The predicted octanol–water partition coefficient (Wildman–Crippen LogP) is 0.718. The molecule has 1 N–H and O–H groups in total. The minimum Gasteiger partial charge on any atom is -0.371 e. The van der Waals surface area contributed by atoms with E-state index in [1.165, 1.54) is 4.68 Å². The van der Waals surface area contributed by atoms with Gasteiger partial charge in [-0.3, -0.25) is 9.59 Å². The fourth-order valence-electron chi connectivity index (χ4n) is 2.38. The van der Waals surface area contributed by atoms with Gasteiger partial charge in [-0.25, -0.2) is 4.68 Å². The molecule has 1 saturated heterocycles. The highest BCUT2D eigenvalue weighted by atomic mass is 79.9. The van der Waals surface area contributed by atoms with Gasteiger partial charge in [-0.05, 0) is 35.2 Å². The van der Waals surface area contributed by atoms with Gasteiger partial charge in [0.05, 0.1) is 11.9 Å². The summed E-state index contributed by atoms with van der Waals surface area (Å²) < 4.78 is 1.67. The summed E-state index contributed by atoms with van der Waals surface area (Å²) in [5, 5.41) is 7.09. The van der Waals surface area contributed by atoms with Crippen molar-refractivity contribution < 1.29 is 4.79 Å². The van der Waals surface area contributed by atoms with E-state index in [0.717, 1.165) is 25.8 Å². The summed E-state index contributed by atoms with van der Waals surface area (Å²) in [6, 6.07) is 0.204. The topological polar surface area (TPSA) is 67.2 Å². The third-order valence-electron chi connectivity index (χ3n) is 3.64. The van der Waals surface area contributed by atoms with Crippen LogP contribution in [0.15, 0.2) is 15.5 Å². The molecule has 1 atom stereocenters. The van der Waals surface area contributed by atoms with E-state index >= 15 is 0 Å². The fourth-order valence-corrected chi connectivity index (χ4v) is 2.86. The maximum atomic E-state index is 12.2. The van der Waals surface area contributed by atoms with Gasteiger partial charge in [-0.2, -0.15) is 5.10 Å². The van der Waals surface area contributed by atoms with E-state index in [1.54, 1.807) is 13.2 Å². The van der Waals surface area contributed by atoms with Crippen molar-refractivity contribution in [2.24, 2.45) is 7.05 Å². The lowest BCUT2D eigenvalue weighted by Gasteiger charge is -2.17. The molecule has 2 fully saturated rings. The van der Waals surface area contributed by atoms with E-state index in [1.807, 2.05) is 4.90 Å². The molecule has 3 rings (SSSR count). The van der Waals surface area contributed by atoms with Crippen LogP contribution in [0.1, 0.15) is 19.3 Å². The average Bonchev–Trinajstić information content (AvgIpc) is 3.17. The lowest BCUT2D eigenvalue weighted by atomic mass is 10.2. The summed E-state index contributed by atoms with van der Waals surface area (Å²) in [5.74, 6) is 0.134. The zero-order valence-corrected chi connectivity index (χ0v) is 12.2. The number of rotatable bonds is 3. The molecule has 19 heavy (non-hydrogen) atoms. The number of nitrogens with zero attached hydrogens (tertiary/aromatic N) is 3. The predicted molar refractivity (Wildman–Crippen MR) is 73.9 cm³/mol. The van der Waals surface area contributed by atoms with Gasteiger partial charge >= 0.3 is 0 Å². The lowest BCUT2D eigenvalue weighted by molar-refractivity contribution is -0.128. The third kappa shape index (κ3) is 2.27. The number of hydrogen-bond acceptors (Lipinski definition) is 4. The van der Waals surface area contributed by atoms with Crippen LogP contribution in [0.4, 0.5) is 5.69 Å². The molecule has 0 aromatic carbocycles. The first-order valence-electron chi connectivity index (χ1n) is 6.37. The number of nitrogens with one attached hydrogen (secondary N) is 1. The summed E-state index contributed by atoms with van der Waals surface area (Å²) in [4.78, 5) is 25.9. The molecule has 1 amide bonds. The van der Waals surface area contributed by atoms with Crippen molar-refractivity contribution in [2.45, 2.75) is 31.3 Å². The number of carbonyl (C=O) groups excluding carboxylic acids is 1. The molecule has 7 heteroatoms. The van der Waals surface area contributed by atoms with Crippen LogP contribution in [0.25, 0.3) is 0 Å². The highest BCUT2D eigenvalue weighted by Gasteiger charge is 2.40. The molecular formula is C12H15BrN4O2. The Labute approximate surface area is 118 Å². The first-order valence-corrected chi connectivity index (χ1v) is 7.16. The molecule has 0 spiro atoms. The van der Waals surface area contributed by atoms with E-state index in [-0.39, 0.29) is 17.5 Å². The number of aromatic nitrogens is 2. The molecule has 2 heterocycles. The van der Waals surface area contributed by atoms with Gasteiger partial charge in [-0.15, -0.1) is 0 Å². The standard InChI is InChI=1S/C12H15BrN4O2/c1-16-12(19)10(13)9(6-14-16)15-8-4-5-17(11(8)18)7-2-3-7/h6-8,15H,2-5H2,1H3. The van der Waals surface area contributed by atoms with Crippen molar-refractivity contribution in [2.75, 3.05) is 11.9 Å². The SMILES string of the molecule is Cn1ncc(NC2CCN(C3CC3)C2=O)c(Br)c1=O. The Hall–Kier alpha value is -1.37. The Morgan fingerprint density at radius 1 is 1.37 bits per heavy atom. The smallest absolute Gasteiger partial charge is 0.282 e. The Kier molecular flexibility index (Phi) is 3.08. The maximum Gasteiger partial charge on any atom is 0.282 e. The number of anilines is 1. The monoisotopic (exact) mass is 326 g/mol. The molecule has 1 aromatic rings. The maximum absolute atomic E-state index is 12.2. The molecule has 102 valence electrons. The van der Waals surface area contributed by atoms with Crippen LogP contribution in [0.3, 0.4) is 0 Å². The van der Waals surface area contributed by atoms with Gasteiger partial charge in [0.15, 0.2) is 0 Å². The van der Waals surface area contributed by atoms with Crippen molar-refractivity contribution in [1.82, 2.24) is 14.7 Å². The number of carbonyl (C=O) groups is 1. The molecule has 6 nitrogen and oxygen atoms in total. The van der Waals surface area contributed by atoms with Crippen molar-refractivity contribution in [3.63, 3.8) is 0 Å². The number of likely N-dealkylation sites (tertiary alicyclic amines) is 1. The van der Waals surface area contributed by atoms with Crippen LogP contribution in [-0.2, 0) is 11.8 Å². The van der Waals surface area contributed by atoms with Gasteiger partial charge in [0.2, 0.25) is 5.91 Å². The highest BCUT2D eigenvalue weighted by Crippen LogP contribution is 2.31. The number of hydrogen-bond donors (Lipinski definition) is 1. The van der Waals surface area contributed by atoms with Crippen LogP contribution in [0.5, 0.6) is 0 Å². The van der Waals surface area contributed by atoms with Crippen molar-refractivity contribution in [3.8, 4) is 0 Å². The molecule has 0 radical (unpaired) electrons. The van der Waals surface area contributed by atoms with E-state index < -0.39 is 0 Å². The van der Waals surface area contributed by atoms with Crippen molar-refractivity contribution >= 4 is 27.5 Å². The zero-order valence-electron chi connectivity index (χ0n) is 10.6. The summed E-state index contributed by atoms with van der Waals surface area (Å²) in [5.41, 5.74) is 0.369. The van der Waals surface area contributed by atoms with Gasteiger partial charge in [0.1, 0.15) is 10.5 Å². The second-order valence-electron chi connectivity index (χ2n) is 5.05. The van der Waals surface area contributed by atoms with Gasteiger partial charge in [0, 0.05) is 19.6 Å². The Bertz CT molecular complexity index is 582. The first-order chi connectivity index (χ1) is 9.08. The quantitative estimate of drug-likeness (QED) is 0.888. The Morgan fingerprint density at radius 3 is 2.79 bits per heavy atom. The molecule has 0 bridgehead atoms. The lowest BCUT2D eigenvalue weighted by Crippen LogP contribution is -2.35. The number of halogens is 1. The largest absolute Gasteiger partial charge is 0.371 e. The van der Waals surface area contributed by atoms with E-state index in [9.17, 15) is 9.59 Å². The van der Waals surface area contributed by atoms with Crippen LogP contribution in [-0.4, -0.2) is 39.2 Å². The normalized spacial score (nSPS) is 22.9. The first kappa shape index (κ1) is 12.7. The van der Waals surface area contributed by atoms with E-state index in [4.69, 9.17) is 0 Å². The average molecular weight is 327 g/mol. The van der Waals surface area contributed by atoms with Gasteiger partial charge in [-0.1, -0.05) is 0 Å². The van der Waals surface area contributed by atoms with E-state index in [0.29, 0.717) is 16.2 Å². The summed E-state index contributed by atoms with van der Waals surface area (Å²) in [7, 11) is 1.59. The van der Waals surface area contributed by atoms with Gasteiger partial charge in [0.25, 0.3) is 5.56 Å². The Morgan fingerprint density at radius 2 is 2.11 bits per heavy atom. The Balaban J connectivity index is 1.77. The summed E-state index contributed by atoms with van der Waals surface area (Å²) >= 11 is 3.25. The van der Waals surface area contributed by atoms with Crippen LogP contribution < -0.4 is 10.9 Å². The molecule has 1 aromatic heterocycles. The second-order valence-corrected chi connectivity index (χ2v) is 5.84. The van der Waals surface area contributed by atoms with Crippen LogP contribution >= 0.6 is 15.9 Å². The minimum atomic E-state index is -0.245. The van der Waals surface area contributed by atoms with Crippen molar-refractivity contribution in [3.05, 3.63) is 21.0 Å². The van der Waals surface area contributed by atoms with Crippen LogP contribution in [0, 0.1) is 0 Å². The summed E-state index contributed by atoms with van der Waals surface area (Å²) in [6.07, 6.45) is 4.58. The number of amides is 1. The molecule has 2 aliphatic rings. The van der Waals surface area contributed by atoms with Crippen LogP contribution in [0.2, 0.25) is 0 Å². The molecule has 1 unspecified atom stereocenters.